The summed E-state index contributed by atoms with van der Waals surface area (Å²) in [5, 5.41) is 0. The average molecular weight is 284 g/mol. The summed E-state index contributed by atoms with van der Waals surface area (Å²) in [6.07, 6.45) is 0. The second kappa shape index (κ2) is 5.49. The number of nitrogens with zero attached hydrogens (tertiary/aromatic N) is 2. The van der Waals surface area contributed by atoms with Gasteiger partial charge in [0, 0.05) is 5.69 Å². The molecule has 106 valence electrons. The summed E-state index contributed by atoms with van der Waals surface area (Å²) in [6.45, 7) is 0.783. The van der Waals surface area contributed by atoms with Gasteiger partial charge in [-0.15, -0.1) is 0 Å². The minimum atomic E-state index is 0.783. The normalized spacial score (nSPS) is 13.5. The molecule has 0 aliphatic carbocycles. The van der Waals surface area contributed by atoms with Gasteiger partial charge in [-0.1, -0.05) is 60.7 Å². The molecule has 0 amide bonds. The molecule has 2 nitrogen and oxygen atoms in total. The van der Waals surface area contributed by atoms with Gasteiger partial charge in [0.2, 0.25) is 0 Å². The second-order valence-corrected chi connectivity index (χ2v) is 5.33. The topological polar surface area (TPSA) is 15.6 Å². The van der Waals surface area contributed by atoms with Crippen LogP contribution >= 0.6 is 0 Å². The van der Waals surface area contributed by atoms with Crippen LogP contribution in [0.15, 0.2) is 89.9 Å². The SMILES string of the molecule is c1ccc(C2=Nc3ccccc3N(c3ccccc3)C2)cc1. The Morgan fingerprint density at radius 2 is 1.32 bits per heavy atom. The third-order valence-electron chi connectivity index (χ3n) is 3.91. The van der Waals surface area contributed by atoms with Crippen LogP contribution in [-0.2, 0) is 0 Å². The Hall–Kier alpha value is -2.87. The molecule has 1 aliphatic rings. The van der Waals surface area contributed by atoms with E-state index in [0.717, 1.165) is 23.6 Å². The van der Waals surface area contributed by atoms with Crippen molar-refractivity contribution in [3.8, 4) is 0 Å². The predicted molar refractivity (Wildman–Crippen MR) is 92.5 cm³/mol. The van der Waals surface area contributed by atoms with E-state index >= 15 is 0 Å². The number of aliphatic imine (C=N–C) groups is 1. The lowest BCUT2D eigenvalue weighted by Gasteiger charge is -2.30. The number of rotatable bonds is 2. The molecule has 3 aromatic rings. The Labute approximate surface area is 130 Å². The van der Waals surface area contributed by atoms with E-state index < -0.39 is 0 Å². The summed E-state index contributed by atoms with van der Waals surface area (Å²) in [4.78, 5) is 7.19. The highest BCUT2D eigenvalue weighted by atomic mass is 15.2. The van der Waals surface area contributed by atoms with E-state index in [2.05, 4.69) is 71.6 Å². The van der Waals surface area contributed by atoms with Crippen molar-refractivity contribution in [1.29, 1.82) is 0 Å². The maximum Gasteiger partial charge on any atom is 0.0871 e. The number of hydrogen-bond donors (Lipinski definition) is 0. The predicted octanol–water partition coefficient (Wildman–Crippen LogP) is 4.96. The number of hydrogen-bond acceptors (Lipinski definition) is 2. The molecule has 3 aromatic carbocycles. The van der Waals surface area contributed by atoms with Gasteiger partial charge in [0.25, 0.3) is 0 Å². The molecule has 0 aromatic heterocycles. The molecule has 0 unspecified atom stereocenters. The lowest BCUT2D eigenvalue weighted by molar-refractivity contribution is 1.10. The van der Waals surface area contributed by atoms with Crippen LogP contribution < -0.4 is 4.90 Å². The van der Waals surface area contributed by atoms with Gasteiger partial charge in [-0.3, -0.25) is 0 Å². The maximum absolute atomic E-state index is 4.87. The van der Waals surface area contributed by atoms with Gasteiger partial charge >= 0.3 is 0 Å². The quantitative estimate of drug-likeness (QED) is 0.649. The van der Waals surface area contributed by atoms with Gasteiger partial charge in [-0.25, -0.2) is 4.99 Å². The van der Waals surface area contributed by atoms with E-state index in [1.165, 1.54) is 11.3 Å². The molecular formula is C20H16N2. The van der Waals surface area contributed by atoms with E-state index in [1.807, 2.05) is 18.2 Å². The summed E-state index contributed by atoms with van der Waals surface area (Å²) in [6, 6.07) is 29.2. The molecule has 0 spiro atoms. The number of fused-ring (bicyclic) bond motifs is 1. The minimum absolute atomic E-state index is 0.783. The fraction of sp³-hybridized carbons (Fsp3) is 0.0500. The van der Waals surface area contributed by atoms with E-state index in [4.69, 9.17) is 4.99 Å². The molecule has 0 atom stereocenters. The van der Waals surface area contributed by atoms with Crippen LogP contribution in [0.4, 0.5) is 17.1 Å². The van der Waals surface area contributed by atoms with Crippen LogP contribution in [0.2, 0.25) is 0 Å². The molecule has 0 saturated heterocycles. The monoisotopic (exact) mass is 284 g/mol. The second-order valence-electron chi connectivity index (χ2n) is 5.33. The molecule has 22 heavy (non-hydrogen) atoms. The highest BCUT2D eigenvalue weighted by Crippen LogP contribution is 2.37. The zero-order valence-electron chi connectivity index (χ0n) is 12.2. The standard InChI is InChI=1S/C20H16N2/c1-3-9-16(10-4-1)19-15-22(17-11-5-2-6-12-17)20-14-8-7-13-18(20)21-19/h1-14H,15H2. The van der Waals surface area contributed by atoms with Gasteiger partial charge < -0.3 is 4.90 Å². The highest BCUT2D eigenvalue weighted by Gasteiger charge is 2.21. The number of benzene rings is 3. The van der Waals surface area contributed by atoms with Crippen LogP contribution in [0, 0.1) is 0 Å². The van der Waals surface area contributed by atoms with E-state index in [0.29, 0.717) is 0 Å². The Balaban J connectivity index is 1.84. The number of para-hydroxylation sites is 3. The van der Waals surface area contributed by atoms with Gasteiger partial charge in [0.1, 0.15) is 0 Å². The molecule has 0 fully saturated rings. The summed E-state index contributed by atoms with van der Waals surface area (Å²) in [5.74, 6) is 0. The maximum atomic E-state index is 4.87. The molecule has 1 aliphatic heterocycles. The van der Waals surface area contributed by atoms with Crippen LogP contribution in [0.3, 0.4) is 0 Å². The van der Waals surface area contributed by atoms with Crippen molar-refractivity contribution in [3.05, 3.63) is 90.5 Å². The van der Waals surface area contributed by atoms with Crippen LogP contribution in [0.25, 0.3) is 0 Å². The average Bonchev–Trinajstić information content (AvgIpc) is 2.62. The molecule has 0 N–H and O–H groups in total. The summed E-state index contributed by atoms with van der Waals surface area (Å²) < 4.78 is 0. The fourth-order valence-corrected chi connectivity index (χ4v) is 2.83. The summed E-state index contributed by atoms with van der Waals surface area (Å²) in [7, 11) is 0. The Morgan fingerprint density at radius 1 is 0.682 bits per heavy atom. The minimum Gasteiger partial charge on any atom is -0.334 e. The first-order chi connectivity index (χ1) is 10.9. The summed E-state index contributed by atoms with van der Waals surface area (Å²) >= 11 is 0. The molecular weight excluding hydrogens is 268 g/mol. The molecule has 0 saturated carbocycles. The van der Waals surface area contributed by atoms with Crippen molar-refractivity contribution < 1.29 is 0 Å². The molecule has 0 radical (unpaired) electrons. The van der Waals surface area contributed by atoms with Crippen molar-refractivity contribution in [2.75, 3.05) is 11.4 Å². The largest absolute Gasteiger partial charge is 0.334 e. The molecule has 0 bridgehead atoms. The third-order valence-corrected chi connectivity index (χ3v) is 3.91. The first-order valence-corrected chi connectivity index (χ1v) is 7.46. The van der Waals surface area contributed by atoms with Crippen molar-refractivity contribution in [2.24, 2.45) is 4.99 Å². The van der Waals surface area contributed by atoms with Gasteiger partial charge in [0.15, 0.2) is 0 Å². The van der Waals surface area contributed by atoms with Crippen molar-refractivity contribution in [1.82, 2.24) is 0 Å². The Bertz CT molecular complexity index is 807. The van der Waals surface area contributed by atoms with Crippen LogP contribution in [0.1, 0.15) is 5.56 Å². The van der Waals surface area contributed by atoms with Gasteiger partial charge in [0.05, 0.1) is 23.6 Å². The zero-order valence-corrected chi connectivity index (χ0v) is 12.2. The first kappa shape index (κ1) is 12.8. The third kappa shape index (κ3) is 2.29. The van der Waals surface area contributed by atoms with Crippen molar-refractivity contribution in [2.45, 2.75) is 0 Å². The highest BCUT2D eigenvalue weighted by molar-refractivity contribution is 6.08. The van der Waals surface area contributed by atoms with E-state index in [1.54, 1.807) is 0 Å². The fourth-order valence-electron chi connectivity index (χ4n) is 2.83. The van der Waals surface area contributed by atoms with Gasteiger partial charge in [-0.05, 0) is 29.8 Å². The summed E-state index contributed by atoms with van der Waals surface area (Å²) in [5.41, 5.74) is 5.66. The molecule has 1 heterocycles. The number of anilines is 2. The van der Waals surface area contributed by atoms with Crippen LogP contribution in [0.5, 0.6) is 0 Å². The zero-order chi connectivity index (χ0) is 14.8. The smallest absolute Gasteiger partial charge is 0.0871 e. The van der Waals surface area contributed by atoms with Crippen molar-refractivity contribution >= 4 is 22.8 Å². The molecule has 4 rings (SSSR count). The van der Waals surface area contributed by atoms with Gasteiger partial charge in [-0.2, -0.15) is 0 Å². The van der Waals surface area contributed by atoms with Crippen LogP contribution in [-0.4, -0.2) is 12.3 Å². The molecule has 2 heteroatoms. The lowest BCUT2D eigenvalue weighted by Crippen LogP contribution is -2.28. The first-order valence-electron chi connectivity index (χ1n) is 7.46. The lowest BCUT2D eigenvalue weighted by atomic mass is 10.1. The van der Waals surface area contributed by atoms with E-state index in [9.17, 15) is 0 Å². The Morgan fingerprint density at radius 3 is 2.09 bits per heavy atom. The van der Waals surface area contributed by atoms with Crippen molar-refractivity contribution in [3.63, 3.8) is 0 Å². The Kier molecular flexibility index (Phi) is 3.20. The van der Waals surface area contributed by atoms with E-state index in [-0.39, 0.29) is 0 Å².